The molecule has 1 aliphatic heterocycles. The highest BCUT2D eigenvalue weighted by molar-refractivity contribution is 7.80. The number of nitro benzene ring substituents is 1. The molecule has 3 rings (SSSR count). The zero-order valence-electron chi connectivity index (χ0n) is 13.1. The largest absolute Gasteiger partial charge is 0.497 e. The van der Waals surface area contributed by atoms with Gasteiger partial charge in [0.1, 0.15) is 11.4 Å². The van der Waals surface area contributed by atoms with Crippen LogP contribution < -0.4 is 20.5 Å². The summed E-state index contributed by atoms with van der Waals surface area (Å²) >= 11 is 5.40. The third-order valence-corrected chi connectivity index (χ3v) is 4.15. The molecule has 0 spiro atoms. The summed E-state index contributed by atoms with van der Waals surface area (Å²) < 4.78 is 5.27. The maximum atomic E-state index is 10.8. The van der Waals surface area contributed by atoms with Crippen molar-refractivity contribution in [1.82, 2.24) is 10.7 Å². The smallest absolute Gasteiger partial charge is 0.269 e. The van der Waals surface area contributed by atoms with Gasteiger partial charge in [0.15, 0.2) is 5.11 Å². The van der Waals surface area contributed by atoms with Gasteiger partial charge in [-0.2, -0.15) is 5.43 Å². The molecule has 7 nitrogen and oxygen atoms in total. The first-order valence-corrected chi connectivity index (χ1v) is 7.63. The van der Waals surface area contributed by atoms with Gasteiger partial charge < -0.3 is 10.1 Å². The summed E-state index contributed by atoms with van der Waals surface area (Å²) in [7, 11) is 1.62. The van der Waals surface area contributed by atoms with E-state index < -0.39 is 10.6 Å². The normalized spacial score (nSPS) is 19.9. The Morgan fingerprint density at radius 1 is 1.25 bits per heavy atom. The van der Waals surface area contributed by atoms with E-state index in [0.29, 0.717) is 10.8 Å². The van der Waals surface area contributed by atoms with Crippen LogP contribution in [-0.2, 0) is 5.66 Å². The predicted molar refractivity (Wildman–Crippen MR) is 94.8 cm³/mol. The van der Waals surface area contributed by atoms with E-state index in [0.717, 1.165) is 11.3 Å². The van der Waals surface area contributed by atoms with Crippen molar-refractivity contribution in [3.05, 3.63) is 64.2 Å². The molecule has 1 aliphatic rings. The molecule has 0 bridgehead atoms. The number of hydrogen-bond donors (Lipinski definition) is 2. The van der Waals surface area contributed by atoms with Crippen molar-refractivity contribution in [3.63, 3.8) is 0 Å². The second-order valence-corrected chi connectivity index (χ2v) is 5.89. The summed E-state index contributed by atoms with van der Waals surface area (Å²) in [4.78, 5) is 10.3. The van der Waals surface area contributed by atoms with Crippen LogP contribution in [0.2, 0.25) is 0 Å². The summed E-state index contributed by atoms with van der Waals surface area (Å²) in [5, 5.41) is 16.2. The van der Waals surface area contributed by atoms with Crippen LogP contribution in [0.15, 0.2) is 48.5 Å². The molecule has 2 aromatic carbocycles. The van der Waals surface area contributed by atoms with Gasteiger partial charge in [0, 0.05) is 12.1 Å². The lowest BCUT2D eigenvalue weighted by Crippen LogP contribution is -2.45. The molecule has 124 valence electrons. The van der Waals surface area contributed by atoms with Crippen LogP contribution in [0.1, 0.15) is 12.5 Å². The lowest BCUT2D eigenvalue weighted by molar-refractivity contribution is -0.384. The zero-order valence-corrected chi connectivity index (χ0v) is 14.0. The fourth-order valence-electron chi connectivity index (χ4n) is 2.55. The predicted octanol–water partition coefficient (Wildman–Crippen LogP) is 2.68. The van der Waals surface area contributed by atoms with E-state index in [-0.39, 0.29) is 5.69 Å². The Bertz CT molecular complexity index is 796. The minimum absolute atomic E-state index is 0.0346. The number of methoxy groups -OCH3 is 1. The Hall–Kier alpha value is -2.71. The van der Waals surface area contributed by atoms with Crippen molar-refractivity contribution in [2.45, 2.75) is 12.6 Å². The van der Waals surface area contributed by atoms with E-state index in [4.69, 9.17) is 17.0 Å². The van der Waals surface area contributed by atoms with Crippen LogP contribution in [0, 0.1) is 10.1 Å². The first-order chi connectivity index (χ1) is 11.4. The van der Waals surface area contributed by atoms with Crippen LogP contribution in [0.25, 0.3) is 0 Å². The van der Waals surface area contributed by atoms with Gasteiger partial charge in [-0.25, -0.2) is 5.01 Å². The fraction of sp³-hybridized carbons (Fsp3) is 0.188. The quantitative estimate of drug-likeness (QED) is 0.501. The number of nitrogens with one attached hydrogen (secondary N) is 2. The summed E-state index contributed by atoms with van der Waals surface area (Å²) in [5.74, 6) is 0.747. The van der Waals surface area contributed by atoms with E-state index in [1.165, 1.54) is 12.1 Å². The second-order valence-electron chi connectivity index (χ2n) is 5.51. The molecule has 8 heteroatoms. The Labute approximate surface area is 144 Å². The molecule has 2 N–H and O–H groups in total. The maximum Gasteiger partial charge on any atom is 0.269 e. The average molecular weight is 344 g/mol. The lowest BCUT2D eigenvalue weighted by atomic mass is 10.0. The Balaban J connectivity index is 1.88. The average Bonchev–Trinajstić information content (AvgIpc) is 2.91. The number of ether oxygens (including phenoxy) is 1. The van der Waals surface area contributed by atoms with E-state index in [1.807, 2.05) is 31.2 Å². The summed E-state index contributed by atoms with van der Waals surface area (Å²) in [6.45, 7) is 1.96. The molecular weight excluding hydrogens is 328 g/mol. The number of benzene rings is 2. The minimum atomic E-state index is -0.618. The molecule has 1 fully saturated rings. The van der Waals surface area contributed by atoms with Crippen molar-refractivity contribution < 1.29 is 9.66 Å². The number of thiocarbonyl (C=S) groups is 1. The lowest BCUT2D eigenvalue weighted by Gasteiger charge is -2.26. The highest BCUT2D eigenvalue weighted by Crippen LogP contribution is 2.29. The SMILES string of the molecule is COc1cccc([C@@]2(C)NC(=S)N(c3ccc([N+](=O)[O-])cc3)N2)c1. The molecule has 24 heavy (non-hydrogen) atoms. The van der Waals surface area contributed by atoms with Crippen LogP contribution >= 0.6 is 12.2 Å². The maximum absolute atomic E-state index is 10.8. The Morgan fingerprint density at radius 2 is 1.96 bits per heavy atom. The fourth-order valence-corrected chi connectivity index (χ4v) is 2.90. The zero-order chi connectivity index (χ0) is 17.3. The van der Waals surface area contributed by atoms with Gasteiger partial charge in [0.25, 0.3) is 5.69 Å². The highest BCUT2D eigenvalue weighted by Gasteiger charge is 2.38. The third kappa shape index (κ3) is 2.89. The molecular formula is C16H16N4O3S. The van der Waals surface area contributed by atoms with Gasteiger partial charge in [-0.05, 0) is 49.0 Å². The molecule has 2 aromatic rings. The van der Waals surface area contributed by atoms with Crippen LogP contribution in [0.3, 0.4) is 0 Å². The molecule has 0 aromatic heterocycles. The standard InChI is InChI=1S/C16H16N4O3S/c1-16(11-4-3-5-14(10-11)23-2)17-15(24)19(18-16)12-6-8-13(9-7-12)20(21)22/h3-10,18H,1-2H3,(H,17,24)/t16-/m0/s1. The number of nitrogens with zero attached hydrogens (tertiary/aromatic N) is 2. The summed E-state index contributed by atoms with van der Waals surface area (Å²) in [6, 6.07) is 13.8. The third-order valence-electron chi connectivity index (χ3n) is 3.86. The second kappa shape index (κ2) is 6.06. The number of nitro groups is 1. The molecule has 1 heterocycles. The minimum Gasteiger partial charge on any atom is -0.497 e. The van der Waals surface area contributed by atoms with Crippen molar-refractivity contribution in [2.24, 2.45) is 0 Å². The van der Waals surface area contributed by atoms with Gasteiger partial charge >= 0.3 is 0 Å². The van der Waals surface area contributed by atoms with E-state index in [2.05, 4.69) is 10.7 Å². The number of anilines is 1. The van der Waals surface area contributed by atoms with Gasteiger partial charge in [0.05, 0.1) is 17.7 Å². The summed E-state index contributed by atoms with van der Waals surface area (Å²) in [6.07, 6.45) is 0. The summed E-state index contributed by atoms with van der Waals surface area (Å²) in [5.41, 5.74) is 4.39. The molecule has 1 atom stereocenters. The molecule has 0 unspecified atom stereocenters. The first-order valence-electron chi connectivity index (χ1n) is 7.22. The van der Waals surface area contributed by atoms with Gasteiger partial charge in [-0.15, -0.1) is 0 Å². The molecule has 0 saturated carbocycles. The van der Waals surface area contributed by atoms with Crippen molar-refractivity contribution >= 4 is 28.7 Å². The van der Waals surface area contributed by atoms with E-state index in [9.17, 15) is 10.1 Å². The monoisotopic (exact) mass is 344 g/mol. The number of hydrazine groups is 1. The topological polar surface area (TPSA) is 79.7 Å². The van der Waals surface area contributed by atoms with Gasteiger partial charge in [-0.3, -0.25) is 10.1 Å². The van der Waals surface area contributed by atoms with Crippen LogP contribution in [0.5, 0.6) is 5.75 Å². The van der Waals surface area contributed by atoms with E-state index in [1.54, 1.807) is 24.3 Å². The van der Waals surface area contributed by atoms with Gasteiger partial charge in [0.2, 0.25) is 0 Å². The molecule has 0 amide bonds. The number of hydrogen-bond acceptors (Lipinski definition) is 5. The van der Waals surface area contributed by atoms with Crippen LogP contribution in [-0.4, -0.2) is 17.1 Å². The van der Waals surface area contributed by atoms with Crippen molar-refractivity contribution in [1.29, 1.82) is 0 Å². The van der Waals surface area contributed by atoms with Gasteiger partial charge in [-0.1, -0.05) is 12.1 Å². The van der Waals surface area contributed by atoms with Crippen molar-refractivity contribution in [2.75, 3.05) is 12.1 Å². The number of non-ortho nitro benzene ring substituents is 1. The molecule has 0 radical (unpaired) electrons. The highest BCUT2D eigenvalue weighted by atomic mass is 32.1. The van der Waals surface area contributed by atoms with Crippen molar-refractivity contribution in [3.8, 4) is 5.75 Å². The number of rotatable bonds is 4. The van der Waals surface area contributed by atoms with E-state index >= 15 is 0 Å². The first kappa shape index (κ1) is 16.2. The molecule has 0 aliphatic carbocycles. The Morgan fingerprint density at radius 3 is 2.58 bits per heavy atom. The molecule has 1 saturated heterocycles. The van der Waals surface area contributed by atoms with Crippen LogP contribution in [0.4, 0.5) is 11.4 Å². The Kier molecular flexibility index (Phi) is 4.08.